The third kappa shape index (κ3) is 5.11. The van der Waals surface area contributed by atoms with E-state index in [9.17, 15) is 4.79 Å². The van der Waals surface area contributed by atoms with Gasteiger partial charge in [-0.3, -0.25) is 9.80 Å². The zero-order chi connectivity index (χ0) is 18.4. The standard InChI is InChI=1S/C20H38N4O2/c1-18(2)16-22-8-10-23(11-9-22)19(25)21-17-20(6-4-3-5-7-20)24-12-14-26-15-13-24/h18H,3-17H2,1-2H3,(H,21,25). The summed E-state index contributed by atoms with van der Waals surface area (Å²) in [6.07, 6.45) is 6.30. The van der Waals surface area contributed by atoms with Crippen LogP contribution in [0.2, 0.25) is 0 Å². The molecular weight excluding hydrogens is 328 g/mol. The van der Waals surface area contributed by atoms with Crippen LogP contribution in [0.15, 0.2) is 0 Å². The number of hydrogen-bond donors (Lipinski definition) is 1. The maximum Gasteiger partial charge on any atom is 0.317 e. The largest absolute Gasteiger partial charge is 0.379 e. The Balaban J connectivity index is 1.50. The van der Waals surface area contributed by atoms with Crippen LogP contribution in [0.3, 0.4) is 0 Å². The van der Waals surface area contributed by atoms with Crippen molar-refractivity contribution in [3.63, 3.8) is 0 Å². The molecule has 150 valence electrons. The second-order valence-corrected chi connectivity index (χ2v) is 8.72. The predicted octanol–water partition coefficient (Wildman–Crippen LogP) is 2.00. The molecule has 0 atom stereocenters. The van der Waals surface area contributed by atoms with Gasteiger partial charge in [0.05, 0.1) is 13.2 Å². The molecule has 0 unspecified atom stereocenters. The summed E-state index contributed by atoms with van der Waals surface area (Å²) < 4.78 is 5.55. The fourth-order valence-electron chi connectivity index (χ4n) is 4.85. The number of nitrogens with zero attached hydrogens (tertiary/aromatic N) is 3. The van der Waals surface area contributed by atoms with E-state index in [2.05, 4.69) is 29.0 Å². The maximum absolute atomic E-state index is 12.7. The summed E-state index contributed by atoms with van der Waals surface area (Å²) >= 11 is 0. The third-order valence-electron chi connectivity index (χ3n) is 6.32. The normalized spacial score (nSPS) is 25.4. The van der Waals surface area contributed by atoms with Crippen LogP contribution in [0.4, 0.5) is 4.79 Å². The second kappa shape index (κ2) is 9.38. The number of carbonyl (C=O) groups excluding carboxylic acids is 1. The van der Waals surface area contributed by atoms with Gasteiger partial charge in [0.1, 0.15) is 0 Å². The monoisotopic (exact) mass is 366 g/mol. The summed E-state index contributed by atoms with van der Waals surface area (Å²) in [6, 6.07) is 0.132. The van der Waals surface area contributed by atoms with Gasteiger partial charge >= 0.3 is 6.03 Å². The number of rotatable bonds is 5. The van der Waals surface area contributed by atoms with Gasteiger partial charge in [0.15, 0.2) is 0 Å². The molecule has 0 bridgehead atoms. The number of urea groups is 1. The summed E-state index contributed by atoms with van der Waals surface area (Å²) in [4.78, 5) is 19.8. The molecule has 1 N–H and O–H groups in total. The van der Waals surface area contributed by atoms with Gasteiger partial charge in [-0.15, -0.1) is 0 Å². The Morgan fingerprint density at radius 2 is 1.65 bits per heavy atom. The van der Waals surface area contributed by atoms with E-state index in [4.69, 9.17) is 4.74 Å². The minimum Gasteiger partial charge on any atom is -0.379 e. The first-order chi connectivity index (χ1) is 12.6. The maximum atomic E-state index is 12.7. The molecule has 0 aromatic rings. The highest BCUT2D eigenvalue weighted by molar-refractivity contribution is 5.74. The molecule has 0 spiro atoms. The van der Waals surface area contributed by atoms with Gasteiger partial charge in [0, 0.05) is 57.9 Å². The number of hydrogen-bond acceptors (Lipinski definition) is 4. The fraction of sp³-hybridized carbons (Fsp3) is 0.950. The van der Waals surface area contributed by atoms with Gasteiger partial charge in [-0.25, -0.2) is 4.79 Å². The molecule has 2 saturated heterocycles. The molecule has 6 nitrogen and oxygen atoms in total. The summed E-state index contributed by atoms with van der Waals surface area (Å²) in [5.74, 6) is 0.690. The van der Waals surface area contributed by atoms with Gasteiger partial charge < -0.3 is 15.0 Å². The summed E-state index contributed by atoms with van der Waals surface area (Å²) in [6.45, 7) is 13.8. The van der Waals surface area contributed by atoms with Crippen LogP contribution in [0.25, 0.3) is 0 Å². The van der Waals surface area contributed by atoms with Gasteiger partial charge in [-0.05, 0) is 18.8 Å². The lowest BCUT2D eigenvalue weighted by molar-refractivity contribution is -0.0361. The average Bonchev–Trinajstić information content (AvgIpc) is 2.68. The molecule has 2 amide bonds. The smallest absolute Gasteiger partial charge is 0.317 e. The molecule has 26 heavy (non-hydrogen) atoms. The number of ether oxygens (including phenoxy) is 1. The highest BCUT2D eigenvalue weighted by atomic mass is 16.5. The van der Waals surface area contributed by atoms with Crippen molar-refractivity contribution in [1.82, 2.24) is 20.0 Å². The predicted molar refractivity (Wildman–Crippen MR) is 104 cm³/mol. The Morgan fingerprint density at radius 1 is 1.00 bits per heavy atom. The lowest BCUT2D eigenvalue weighted by Gasteiger charge is -2.48. The molecule has 2 heterocycles. The van der Waals surface area contributed by atoms with Crippen molar-refractivity contribution < 1.29 is 9.53 Å². The van der Waals surface area contributed by atoms with Crippen LogP contribution in [0.5, 0.6) is 0 Å². The molecular formula is C20H38N4O2. The van der Waals surface area contributed by atoms with E-state index < -0.39 is 0 Å². The molecule has 3 fully saturated rings. The highest BCUT2D eigenvalue weighted by Gasteiger charge is 2.39. The molecule has 3 aliphatic rings. The molecule has 0 radical (unpaired) electrons. The van der Waals surface area contributed by atoms with Crippen molar-refractivity contribution in [2.75, 3.05) is 65.6 Å². The van der Waals surface area contributed by atoms with E-state index in [0.29, 0.717) is 5.92 Å². The van der Waals surface area contributed by atoms with Gasteiger partial charge in [0.2, 0.25) is 0 Å². The molecule has 0 aromatic heterocycles. The molecule has 6 heteroatoms. The first-order valence-electron chi connectivity index (χ1n) is 10.7. The highest BCUT2D eigenvalue weighted by Crippen LogP contribution is 2.33. The quantitative estimate of drug-likeness (QED) is 0.809. The van der Waals surface area contributed by atoms with E-state index in [1.54, 1.807) is 0 Å². The molecule has 2 aliphatic heterocycles. The third-order valence-corrected chi connectivity index (χ3v) is 6.32. The van der Waals surface area contributed by atoms with Crippen LogP contribution in [0, 0.1) is 5.92 Å². The first-order valence-corrected chi connectivity index (χ1v) is 10.7. The Hall–Kier alpha value is -0.850. The van der Waals surface area contributed by atoms with Crippen LogP contribution in [-0.2, 0) is 4.74 Å². The molecule has 3 rings (SSSR count). The number of carbonyl (C=O) groups is 1. The second-order valence-electron chi connectivity index (χ2n) is 8.72. The van der Waals surface area contributed by atoms with Crippen molar-refractivity contribution in [2.24, 2.45) is 5.92 Å². The number of piperazine rings is 1. The fourth-order valence-corrected chi connectivity index (χ4v) is 4.85. The minimum absolute atomic E-state index is 0.132. The van der Waals surface area contributed by atoms with E-state index >= 15 is 0 Å². The van der Waals surface area contributed by atoms with Crippen molar-refractivity contribution in [3.8, 4) is 0 Å². The topological polar surface area (TPSA) is 48.0 Å². The van der Waals surface area contributed by atoms with Gasteiger partial charge in [-0.1, -0.05) is 33.1 Å². The van der Waals surface area contributed by atoms with Crippen molar-refractivity contribution in [3.05, 3.63) is 0 Å². The molecule has 0 aromatic carbocycles. The van der Waals surface area contributed by atoms with E-state index in [-0.39, 0.29) is 11.6 Å². The van der Waals surface area contributed by atoms with Crippen molar-refractivity contribution in [1.29, 1.82) is 0 Å². The van der Waals surface area contributed by atoms with E-state index in [0.717, 1.165) is 65.6 Å². The Bertz CT molecular complexity index is 437. The SMILES string of the molecule is CC(C)CN1CCN(C(=O)NCC2(N3CCOCC3)CCCCC2)CC1. The Kier molecular flexibility index (Phi) is 7.18. The van der Waals surface area contributed by atoms with Gasteiger partial charge in [-0.2, -0.15) is 0 Å². The summed E-state index contributed by atoms with van der Waals surface area (Å²) in [5, 5.41) is 3.30. The Labute approximate surface area is 159 Å². The first kappa shape index (κ1) is 19.9. The van der Waals surface area contributed by atoms with Crippen LogP contribution < -0.4 is 5.32 Å². The molecule has 1 aliphatic carbocycles. The van der Waals surface area contributed by atoms with Gasteiger partial charge in [0.25, 0.3) is 0 Å². The molecule has 1 saturated carbocycles. The number of nitrogens with one attached hydrogen (secondary N) is 1. The lowest BCUT2D eigenvalue weighted by Crippen LogP contribution is -2.61. The summed E-state index contributed by atoms with van der Waals surface area (Å²) in [5.41, 5.74) is 0.150. The zero-order valence-corrected chi connectivity index (χ0v) is 16.8. The Morgan fingerprint density at radius 3 is 2.27 bits per heavy atom. The van der Waals surface area contributed by atoms with E-state index in [1.165, 1.54) is 32.1 Å². The van der Waals surface area contributed by atoms with Crippen molar-refractivity contribution >= 4 is 6.03 Å². The summed E-state index contributed by atoms with van der Waals surface area (Å²) in [7, 11) is 0. The van der Waals surface area contributed by atoms with Crippen molar-refractivity contribution in [2.45, 2.75) is 51.5 Å². The van der Waals surface area contributed by atoms with Crippen LogP contribution in [0.1, 0.15) is 46.0 Å². The number of amides is 2. The van der Waals surface area contributed by atoms with E-state index in [1.807, 2.05) is 4.90 Å². The van der Waals surface area contributed by atoms with Crippen LogP contribution in [-0.4, -0.2) is 91.8 Å². The minimum atomic E-state index is 0.132. The zero-order valence-electron chi connectivity index (χ0n) is 16.8. The average molecular weight is 367 g/mol. The lowest BCUT2D eigenvalue weighted by atomic mass is 9.80. The van der Waals surface area contributed by atoms with Crippen LogP contribution >= 0.6 is 0 Å². The number of morpholine rings is 1.